The quantitative estimate of drug-likeness (QED) is 0.921. The molecular formula is C15H11ClFNO4. The number of nitrogens with zero attached hydrogens (tertiary/aromatic N) is 1. The van der Waals surface area contributed by atoms with E-state index in [0.29, 0.717) is 6.42 Å². The predicted molar refractivity (Wildman–Crippen MR) is 78.4 cm³/mol. The van der Waals surface area contributed by atoms with Crippen molar-refractivity contribution in [3.8, 4) is 0 Å². The first-order chi connectivity index (χ1) is 10.4. The number of aromatic nitrogens is 1. The van der Waals surface area contributed by atoms with Crippen molar-refractivity contribution in [2.45, 2.75) is 25.8 Å². The normalized spacial score (nSPS) is 17.0. The number of carbonyl (C=O) groups is 2. The van der Waals surface area contributed by atoms with Crippen LogP contribution in [0.15, 0.2) is 17.1 Å². The second-order valence-corrected chi connectivity index (χ2v) is 5.60. The number of rotatable bonds is 2. The number of benzene rings is 1. The molecule has 0 aliphatic carbocycles. The SMILES string of the molecule is CCC1CC(=O)c2c(Cl)c(F)cc3c(=O)c(C(=O)O)cn1c23. The van der Waals surface area contributed by atoms with Gasteiger partial charge >= 0.3 is 5.97 Å². The molecule has 0 saturated carbocycles. The summed E-state index contributed by atoms with van der Waals surface area (Å²) in [4.78, 5) is 35.8. The Morgan fingerprint density at radius 1 is 1.50 bits per heavy atom. The van der Waals surface area contributed by atoms with Crippen molar-refractivity contribution < 1.29 is 19.1 Å². The minimum absolute atomic E-state index is 0.0459. The summed E-state index contributed by atoms with van der Waals surface area (Å²) in [5, 5.41) is 8.70. The predicted octanol–water partition coefficient (Wildman–Crippen LogP) is 3.03. The first-order valence-corrected chi connectivity index (χ1v) is 7.08. The fourth-order valence-corrected chi connectivity index (χ4v) is 3.16. The largest absolute Gasteiger partial charge is 0.477 e. The number of ketones is 1. The summed E-state index contributed by atoms with van der Waals surface area (Å²) in [5.41, 5.74) is -1.10. The third-order valence-corrected chi connectivity index (χ3v) is 4.37. The lowest BCUT2D eigenvalue weighted by Crippen LogP contribution is -2.27. The molecule has 1 N–H and O–H groups in total. The Labute approximate surface area is 128 Å². The van der Waals surface area contributed by atoms with E-state index in [1.54, 1.807) is 4.57 Å². The fraction of sp³-hybridized carbons (Fsp3) is 0.267. The minimum atomic E-state index is -1.39. The van der Waals surface area contributed by atoms with Gasteiger partial charge in [0.1, 0.15) is 11.4 Å². The number of aromatic carboxylic acids is 1. The molecular weight excluding hydrogens is 313 g/mol. The van der Waals surface area contributed by atoms with Crippen molar-refractivity contribution in [2.24, 2.45) is 0 Å². The van der Waals surface area contributed by atoms with Crippen LogP contribution in [0, 0.1) is 5.82 Å². The molecule has 5 nitrogen and oxygen atoms in total. The topological polar surface area (TPSA) is 76.4 Å². The Morgan fingerprint density at radius 3 is 2.77 bits per heavy atom. The summed E-state index contributed by atoms with van der Waals surface area (Å²) in [7, 11) is 0. The molecule has 1 aromatic heterocycles. The Balaban J connectivity index is 2.59. The molecule has 114 valence electrons. The van der Waals surface area contributed by atoms with Crippen LogP contribution in [0.2, 0.25) is 5.02 Å². The summed E-state index contributed by atoms with van der Waals surface area (Å²) in [6.07, 6.45) is 1.87. The van der Waals surface area contributed by atoms with Crippen molar-refractivity contribution in [3.05, 3.63) is 44.5 Å². The molecule has 0 fully saturated rings. The van der Waals surface area contributed by atoms with E-state index in [1.165, 1.54) is 6.20 Å². The van der Waals surface area contributed by atoms with Gasteiger partial charge in [-0.2, -0.15) is 0 Å². The van der Waals surface area contributed by atoms with Crippen LogP contribution in [0.1, 0.15) is 46.5 Å². The van der Waals surface area contributed by atoms with Gasteiger partial charge in [-0.25, -0.2) is 9.18 Å². The van der Waals surface area contributed by atoms with Crippen molar-refractivity contribution >= 4 is 34.3 Å². The lowest BCUT2D eigenvalue weighted by Gasteiger charge is -2.28. The zero-order chi connectivity index (χ0) is 16.2. The molecule has 2 aromatic rings. The van der Waals surface area contributed by atoms with Gasteiger partial charge in [0, 0.05) is 18.7 Å². The number of carbonyl (C=O) groups excluding carboxylic acids is 1. The van der Waals surface area contributed by atoms with Gasteiger partial charge in [0.15, 0.2) is 5.78 Å². The Kier molecular flexibility index (Phi) is 3.29. The number of pyridine rings is 1. The molecule has 2 heterocycles. The monoisotopic (exact) mass is 323 g/mol. The highest BCUT2D eigenvalue weighted by atomic mass is 35.5. The van der Waals surface area contributed by atoms with E-state index < -0.39 is 22.8 Å². The zero-order valence-corrected chi connectivity index (χ0v) is 12.3. The number of carboxylic acids is 1. The molecule has 7 heteroatoms. The maximum atomic E-state index is 13.9. The van der Waals surface area contributed by atoms with Crippen LogP contribution in [0.5, 0.6) is 0 Å². The van der Waals surface area contributed by atoms with Crippen molar-refractivity contribution in [2.75, 3.05) is 0 Å². The third kappa shape index (κ3) is 1.87. The van der Waals surface area contributed by atoms with Gasteiger partial charge < -0.3 is 9.67 Å². The minimum Gasteiger partial charge on any atom is -0.477 e. The van der Waals surface area contributed by atoms with Crippen LogP contribution in [0.3, 0.4) is 0 Å². The molecule has 1 aliphatic rings. The van der Waals surface area contributed by atoms with E-state index >= 15 is 0 Å². The number of hydrogen-bond acceptors (Lipinski definition) is 3. The zero-order valence-electron chi connectivity index (χ0n) is 11.5. The van der Waals surface area contributed by atoms with Crippen LogP contribution in [-0.2, 0) is 0 Å². The van der Waals surface area contributed by atoms with Gasteiger partial charge in [0.05, 0.1) is 21.5 Å². The number of halogens is 2. The summed E-state index contributed by atoms with van der Waals surface area (Å²) >= 11 is 5.89. The van der Waals surface area contributed by atoms with E-state index in [9.17, 15) is 18.8 Å². The molecule has 0 saturated heterocycles. The maximum Gasteiger partial charge on any atom is 0.341 e. The Bertz CT molecular complexity index is 903. The lowest BCUT2D eigenvalue weighted by atomic mass is 9.93. The molecule has 1 aromatic carbocycles. The summed E-state index contributed by atoms with van der Waals surface area (Å²) in [6, 6.07) is 0.611. The molecule has 1 atom stereocenters. The number of carboxylic acid groups (broad SMARTS) is 1. The van der Waals surface area contributed by atoms with Crippen LogP contribution in [0.25, 0.3) is 10.9 Å². The Hall–Kier alpha value is -2.21. The highest BCUT2D eigenvalue weighted by molar-refractivity contribution is 6.36. The second-order valence-electron chi connectivity index (χ2n) is 5.22. The maximum absolute atomic E-state index is 13.9. The van der Waals surface area contributed by atoms with E-state index in [2.05, 4.69) is 0 Å². The highest BCUT2D eigenvalue weighted by Gasteiger charge is 2.31. The van der Waals surface area contributed by atoms with E-state index in [-0.39, 0.29) is 39.7 Å². The molecule has 3 rings (SSSR count). The average molecular weight is 324 g/mol. The smallest absolute Gasteiger partial charge is 0.341 e. The first kappa shape index (κ1) is 14.7. The molecule has 1 aliphatic heterocycles. The first-order valence-electron chi connectivity index (χ1n) is 6.70. The Morgan fingerprint density at radius 2 is 2.18 bits per heavy atom. The van der Waals surface area contributed by atoms with Gasteiger partial charge in [-0.05, 0) is 12.5 Å². The summed E-state index contributed by atoms with van der Waals surface area (Å²) in [6.45, 7) is 1.85. The molecule has 0 radical (unpaired) electrons. The van der Waals surface area contributed by atoms with E-state index in [1.807, 2.05) is 6.92 Å². The molecule has 22 heavy (non-hydrogen) atoms. The van der Waals surface area contributed by atoms with E-state index in [4.69, 9.17) is 16.7 Å². The van der Waals surface area contributed by atoms with Crippen LogP contribution in [-0.4, -0.2) is 21.4 Å². The van der Waals surface area contributed by atoms with Gasteiger partial charge in [0.2, 0.25) is 5.43 Å². The van der Waals surface area contributed by atoms with Gasteiger partial charge in [-0.15, -0.1) is 0 Å². The summed E-state index contributed by atoms with van der Waals surface area (Å²) < 4.78 is 15.5. The van der Waals surface area contributed by atoms with Crippen molar-refractivity contribution in [1.82, 2.24) is 4.57 Å². The van der Waals surface area contributed by atoms with E-state index in [0.717, 1.165) is 6.07 Å². The standard InChI is InChI=1S/C15H11ClFNO4/c1-2-6-3-10(19)11-12(16)9(17)4-7-13(11)18(6)5-8(14(7)20)15(21)22/h4-6H,2-3H2,1H3,(H,21,22). The average Bonchev–Trinajstić information content (AvgIpc) is 2.47. The second kappa shape index (κ2) is 4.91. The van der Waals surface area contributed by atoms with Crippen LogP contribution >= 0.6 is 11.6 Å². The number of Topliss-reactive ketones (excluding diaryl/α,β-unsaturated/α-hetero) is 1. The van der Waals surface area contributed by atoms with Crippen LogP contribution < -0.4 is 5.43 Å². The molecule has 1 unspecified atom stereocenters. The van der Waals surface area contributed by atoms with Gasteiger partial charge in [-0.3, -0.25) is 9.59 Å². The highest BCUT2D eigenvalue weighted by Crippen LogP contribution is 2.36. The third-order valence-electron chi connectivity index (χ3n) is 4.00. The fourth-order valence-electron chi connectivity index (χ4n) is 2.92. The van der Waals surface area contributed by atoms with Gasteiger partial charge in [0.25, 0.3) is 0 Å². The van der Waals surface area contributed by atoms with Crippen molar-refractivity contribution in [3.63, 3.8) is 0 Å². The molecule has 0 bridgehead atoms. The molecule has 0 amide bonds. The van der Waals surface area contributed by atoms with Gasteiger partial charge in [-0.1, -0.05) is 18.5 Å². The number of hydrogen-bond donors (Lipinski definition) is 1. The molecule has 0 spiro atoms. The summed E-state index contributed by atoms with van der Waals surface area (Å²) in [5.74, 6) is -2.64. The lowest BCUT2D eigenvalue weighted by molar-refractivity contribution is 0.0694. The van der Waals surface area contributed by atoms with Crippen LogP contribution in [0.4, 0.5) is 4.39 Å². The van der Waals surface area contributed by atoms with Crippen molar-refractivity contribution in [1.29, 1.82) is 0 Å².